The highest BCUT2D eigenvalue weighted by atomic mass is 79.9. The van der Waals surface area contributed by atoms with Crippen molar-refractivity contribution in [3.63, 3.8) is 0 Å². The van der Waals surface area contributed by atoms with E-state index in [4.69, 9.17) is 0 Å². The van der Waals surface area contributed by atoms with Crippen LogP contribution in [0.15, 0.2) is 53.1 Å². The summed E-state index contributed by atoms with van der Waals surface area (Å²) in [5.41, 5.74) is 1.79. The molecule has 144 valence electrons. The maximum absolute atomic E-state index is 14.3. The van der Waals surface area contributed by atoms with Gasteiger partial charge in [0.2, 0.25) is 5.95 Å². The minimum absolute atomic E-state index is 0.353. The number of nitrogens with one attached hydrogen (secondary N) is 2. The molecule has 1 saturated carbocycles. The average Bonchev–Trinajstić information content (AvgIpc) is 2.71. The van der Waals surface area contributed by atoms with Gasteiger partial charge in [-0.05, 0) is 43.2 Å². The Bertz CT molecular complexity index is 945. The molecule has 0 aliphatic heterocycles. The Morgan fingerprint density at radius 1 is 0.964 bits per heavy atom. The molecule has 0 atom stereocenters. The van der Waals surface area contributed by atoms with Crippen molar-refractivity contribution in [3.8, 4) is 11.4 Å². The summed E-state index contributed by atoms with van der Waals surface area (Å²) in [5.74, 6) is 0.708. The first kappa shape index (κ1) is 18.8. The molecule has 2 aromatic heterocycles. The predicted octanol–water partition coefficient (Wildman–Crippen LogP) is 5.93. The highest BCUT2D eigenvalue weighted by Gasteiger charge is 2.16. The molecule has 1 aliphatic rings. The molecule has 0 bridgehead atoms. The Kier molecular flexibility index (Phi) is 5.81. The second kappa shape index (κ2) is 8.65. The van der Waals surface area contributed by atoms with E-state index < -0.39 is 0 Å². The van der Waals surface area contributed by atoms with Gasteiger partial charge in [-0.2, -0.15) is 4.98 Å². The summed E-state index contributed by atoms with van der Waals surface area (Å²) in [4.78, 5) is 13.6. The van der Waals surface area contributed by atoms with E-state index >= 15 is 0 Å². The van der Waals surface area contributed by atoms with Crippen LogP contribution in [-0.4, -0.2) is 21.0 Å². The highest BCUT2D eigenvalue weighted by molar-refractivity contribution is 9.10. The number of rotatable bonds is 5. The van der Waals surface area contributed by atoms with E-state index in [9.17, 15) is 4.39 Å². The van der Waals surface area contributed by atoms with Crippen LogP contribution in [0.1, 0.15) is 32.1 Å². The van der Waals surface area contributed by atoms with Crippen molar-refractivity contribution < 1.29 is 4.39 Å². The lowest BCUT2D eigenvalue weighted by atomic mass is 9.96. The third kappa shape index (κ3) is 4.65. The lowest BCUT2D eigenvalue weighted by Gasteiger charge is -2.23. The van der Waals surface area contributed by atoms with E-state index in [0.29, 0.717) is 33.7 Å². The van der Waals surface area contributed by atoms with Crippen LogP contribution < -0.4 is 10.6 Å². The van der Waals surface area contributed by atoms with Gasteiger partial charge in [0.1, 0.15) is 11.6 Å². The van der Waals surface area contributed by atoms with E-state index in [-0.39, 0.29) is 5.82 Å². The molecule has 0 amide bonds. The van der Waals surface area contributed by atoms with Gasteiger partial charge in [0.15, 0.2) is 0 Å². The van der Waals surface area contributed by atoms with Crippen LogP contribution in [0.3, 0.4) is 0 Å². The normalized spacial score (nSPS) is 14.6. The highest BCUT2D eigenvalue weighted by Crippen LogP contribution is 2.27. The average molecular weight is 442 g/mol. The first-order valence-electron chi connectivity index (χ1n) is 9.46. The fourth-order valence-electron chi connectivity index (χ4n) is 3.38. The summed E-state index contributed by atoms with van der Waals surface area (Å²) >= 11 is 3.28. The van der Waals surface area contributed by atoms with Gasteiger partial charge in [-0.15, -0.1) is 0 Å². The molecule has 4 rings (SSSR count). The molecule has 0 unspecified atom stereocenters. The molecule has 5 nitrogen and oxygen atoms in total. The molecular weight excluding hydrogens is 421 g/mol. The lowest BCUT2D eigenvalue weighted by Crippen LogP contribution is -2.23. The molecule has 3 aromatic rings. The summed E-state index contributed by atoms with van der Waals surface area (Å²) in [6, 6.07) is 12.7. The van der Waals surface area contributed by atoms with Crippen LogP contribution in [0.2, 0.25) is 0 Å². The van der Waals surface area contributed by atoms with Crippen molar-refractivity contribution in [1.82, 2.24) is 15.0 Å². The SMILES string of the molecule is Fc1cc(Br)ccc1Nc1cc(-c2ccccn2)nc(NC2CCCCC2)n1. The zero-order valence-corrected chi connectivity index (χ0v) is 16.9. The molecule has 7 heteroatoms. The Balaban J connectivity index is 1.66. The minimum atomic E-state index is -0.353. The van der Waals surface area contributed by atoms with Crippen LogP contribution >= 0.6 is 15.9 Å². The van der Waals surface area contributed by atoms with Gasteiger partial charge in [-0.1, -0.05) is 41.3 Å². The number of aromatic nitrogens is 3. The predicted molar refractivity (Wildman–Crippen MR) is 113 cm³/mol. The van der Waals surface area contributed by atoms with E-state index in [0.717, 1.165) is 18.5 Å². The molecular formula is C21H21BrFN5. The summed E-state index contributed by atoms with van der Waals surface area (Å²) in [6.07, 6.45) is 7.66. The zero-order valence-electron chi connectivity index (χ0n) is 15.3. The van der Waals surface area contributed by atoms with E-state index in [1.807, 2.05) is 18.2 Å². The van der Waals surface area contributed by atoms with Crippen molar-refractivity contribution in [3.05, 3.63) is 59.0 Å². The summed E-state index contributed by atoms with van der Waals surface area (Å²) in [6.45, 7) is 0. The second-order valence-electron chi connectivity index (χ2n) is 6.91. The molecule has 28 heavy (non-hydrogen) atoms. The van der Waals surface area contributed by atoms with Crippen LogP contribution in [0.4, 0.5) is 21.8 Å². The molecule has 1 fully saturated rings. The number of nitrogens with zero attached hydrogens (tertiary/aromatic N) is 3. The maximum Gasteiger partial charge on any atom is 0.225 e. The van der Waals surface area contributed by atoms with Crippen molar-refractivity contribution in [1.29, 1.82) is 0 Å². The third-order valence-electron chi connectivity index (χ3n) is 4.79. The molecule has 1 aliphatic carbocycles. The summed E-state index contributed by atoms with van der Waals surface area (Å²) in [5, 5.41) is 6.52. The maximum atomic E-state index is 14.3. The number of benzene rings is 1. The van der Waals surface area contributed by atoms with Gasteiger partial charge in [-0.25, -0.2) is 9.37 Å². The molecule has 0 radical (unpaired) electrons. The largest absolute Gasteiger partial charge is 0.351 e. The molecule has 0 saturated heterocycles. The van der Waals surface area contributed by atoms with E-state index in [1.165, 1.54) is 25.3 Å². The van der Waals surface area contributed by atoms with Gasteiger partial charge >= 0.3 is 0 Å². The fourth-order valence-corrected chi connectivity index (χ4v) is 3.71. The second-order valence-corrected chi connectivity index (χ2v) is 7.82. The minimum Gasteiger partial charge on any atom is -0.351 e. The fraction of sp³-hybridized carbons (Fsp3) is 0.286. The quantitative estimate of drug-likeness (QED) is 0.513. The van der Waals surface area contributed by atoms with Gasteiger partial charge in [0, 0.05) is 22.8 Å². The molecule has 2 N–H and O–H groups in total. The molecule has 2 heterocycles. The van der Waals surface area contributed by atoms with Gasteiger partial charge < -0.3 is 10.6 Å². The Labute approximate surface area is 172 Å². The zero-order chi connectivity index (χ0) is 19.3. The topological polar surface area (TPSA) is 62.7 Å². The number of anilines is 3. The summed E-state index contributed by atoms with van der Waals surface area (Å²) in [7, 11) is 0. The Hall–Kier alpha value is -2.54. The monoisotopic (exact) mass is 441 g/mol. The lowest BCUT2D eigenvalue weighted by molar-refractivity contribution is 0.461. The third-order valence-corrected chi connectivity index (χ3v) is 5.28. The van der Waals surface area contributed by atoms with Crippen molar-refractivity contribution in [2.24, 2.45) is 0 Å². The van der Waals surface area contributed by atoms with Crippen LogP contribution in [0, 0.1) is 5.82 Å². The van der Waals surface area contributed by atoms with Crippen LogP contribution in [0.25, 0.3) is 11.4 Å². The number of pyridine rings is 1. The van der Waals surface area contributed by atoms with Crippen molar-refractivity contribution >= 4 is 33.4 Å². The van der Waals surface area contributed by atoms with Gasteiger partial charge in [0.25, 0.3) is 0 Å². The molecule has 0 spiro atoms. The van der Waals surface area contributed by atoms with E-state index in [2.05, 4.69) is 41.5 Å². The van der Waals surface area contributed by atoms with Gasteiger partial charge in [0.05, 0.1) is 17.1 Å². The number of hydrogen-bond acceptors (Lipinski definition) is 5. The Morgan fingerprint density at radius 2 is 1.82 bits per heavy atom. The van der Waals surface area contributed by atoms with Crippen molar-refractivity contribution in [2.75, 3.05) is 10.6 Å². The van der Waals surface area contributed by atoms with E-state index in [1.54, 1.807) is 24.4 Å². The molecule has 1 aromatic carbocycles. The number of hydrogen-bond donors (Lipinski definition) is 2. The number of halogens is 2. The van der Waals surface area contributed by atoms with Crippen LogP contribution in [-0.2, 0) is 0 Å². The smallest absolute Gasteiger partial charge is 0.225 e. The van der Waals surface area contributed by atoms with Gasteiger partial charge in [-0.3, -0.25) is 4.98 Å². The van der Waals surface area contributed by atoms with Crippen LogP contribution in [0.5, 0.6) is 0 Å². The standard InChI is InChI=1S/C21H21BrFN5/c22-14-9-10-17(16(23)12-14)26-20-13-19(18-8-4-5-11-24-18)27-21(28-20)25-15-6-2-1-3-7-15/h4-5,8-13,15H,1-3,6-7H2,(H2,25,26,27,28). The first-order valence-corrected chi connectivity index (χ1v) is 10.3. The Morgan fingerprint density at radius 3 is 2.57 bits per heavy atom. The van der Waals surface area contributed by atoms with Crippen molar-refractivity contribution in [2.45, 2.75) is 38.1 Å². The summed E-state index contributed by atoms with van der Waals surface area (Å²) < 4.78 is 15.0. The first-order chi connectivity index (χ1) is 13.7.